The van der Waals surface area contributed by atoms with E-state index >= 15 is 0 Å². The zero-order chi connectivity index (χ0) is 10.8. The van der Waals surface area contributed by atoms with E-state index in [-0.39, 0.29) is 0 Å². The Bertz CT molecular complexity index is 322. The van der Waals surface area contributed by atoms with Crippen molar-refractivity contribution in [3.63, 3.8) is 0 Å². The summed E-state index contributed by atoms with van der Waals surface area (Å²) in [7, 11) is 0. The number of nitrogens with one attached hydrogen (secondary N) is 1. The molecule has 15 heavy (non-hydrogen) atoms. The smallest absolute Gasteiger partial charge is 0.0451 e. The van der Waals surface area contributed by atoms with Crippen LogP contribution < -0.4 is 11.1 Å². The molecule has 0 saturated heterocycles. The van der Waals surface area contributed by atoms with Crippen molar-refractivity contribution in [1.29, 1.82) is 0 Å². The Morgan fingerprint density at radius 1 is 1.33 bits per heavy atom. The van der Waals surface area contributed by atoms with Gasteiger partial charge in [-0.2, -0.15) is 0 Å². The number of aryl methyl sites for hydroxylation is 2. The largest absolute Gasteiger partial charge is 0.329 e. The van der Waals surface area contributed by atoms with Crippen LogP contribution in [0.4, 0.5) is 0 Å². The third-order valence-electron chi connectivity index (χ3n) is 3.14. The van der Waals surface area contributed by atoms with Gasteiger partial charge in [-0.3, -0.25) is 0 Å². The Morgan fingerprint density at radius 2 is 1.93 bits per heavy atom. The summed E-state index contributed by atoms with van der Waals surface area (Å²) in [6.45, 7) is 5.02. The number of rotatable bonds is 4. The molecule has 2 nitrogen and oxygen atoms in total. The molecule has 0 aromatic heterocycles. The summed E-state index contributed by atoms with van der Waals surface area (Å²) in [4.78, 5) is 0. The van der Waals surface area contributed by atoms with Crippen LogP contribution in [0.2, 0.25) is 0 Å². The van der Waals surface area contributed by atoms with Crippen molar-refractivity contribution in [1.82, 2.24) is 5.32 Å². The highest BCUT2D eigenvalue weighted by Crippen LogP contribution is 2.27. The molecule has 1 aromatic carbocycles. The minimum Gasteiger partial charge on any atom is -0.329 e. The van der Waals surface area contributed by atoms with Crippen LogP contribution in [0.1, 0.15) is 35.6 Å². The van der Waals surface area contributed by atoms with Crippen LogP contribution in [-0.2, 0) is 0 Å². The first kappa shape index (κ1) is 10.7. The van der Waals surface area contributed by atoms with Crippen LogP contribution in [0.5, 0.6) is 0 Å². The molecule has 1 atom stereocenters. The number of hydrogen-bond acceptors (Lipinski definition) is 2. The van der Waals surface area contributed by atoms with E-state index in [2.05, 4.69) is 37.4 Å². The molecule has 0 bridgehead atoms. The third-order valence-corrected chi connectivity index (χ3v) is 3.14. The van der Waals surface area contributed by atoms with E-state index in [0.717, 1.165) is 0 Å². The van der Waals surface area contributed by atoms with Gasteiger partial charge in [0.05, 0.1) is 0 Å². The van der Waals surface area contributed by atoms with E-state index in [1.165, 1.54) is 29.5 Å². The molecule has 2 heteroatoms. The lowest BCUT2D eigenvalue weighted by Gasteiger charge is -2.21. The average molecular weight is 204 g/mol. The fourth-order valence-electron chi connectivity index (χ4n) is 2.18. The van der Waals surface area contributed by atoms with Gasteiger partial charge in [-0.1, -0.05) is 18.2 Å². The third kappa shape index (κ3) is 2.39. The van der Waals surface area contributed by atoms with Crippen molar-refractivity contribution in [2.24, 2.45) is 5.73 Å². The summed E-state index contributed by atoms with van der Waals surface area (Å²) in [5.41, 5.74) is 9.94. The highest BCUT2D eigenvalue weighted by molar-refractivity contribution is 5.36. The molecule has 0 heterocycles. The van der Waals surface area contributed by atoms with Gasteiger partial charge in [-0.15, -0.1) is 0 Å². The highest BCUT2D eigenvalue weighted by atomic mass is 15.0. The maximum atomic E-state index is 5.86. The predicted octanol–water partition coefficient (Wildman–Crippen LogP) is 2.06. The molecule has 3 N–H and O–H groups in total. The molecule has 1 fully saturated rings. The fourth-order valence-corrected chi connectivity index (χ4v) is 2.18. The summed E-state index contributed by atoms with van der Waals surface area (Å²) in [6, 6.07) is 7.48. The van der Waals surface area contributed by atoms with Gasteiger partial charge in [0.25, 0.3) is 0 Å². The predicted molar refractivity (Wildman–Crippen MR) is 63.9 cm³/mol. The number of hydrogen-bond donors (Lipinski definition) is 2. The first-order valence-electron chi connectivity index (χ1n) is 5.74. The molecule has 0 spiro atoms. The van der Waals surface area contributed by atoms with Gasteiger partial charge in [-0.05, 0) is 43.4 Å². The summed E-state index contributed by atoms with van der Waals surface area (Å²) in [6.07, 6.45) is 2.61. The first-order chi connectivity index (χ1) is 7.22. The summed E-state index contributed by atoms with van der Waals surface area (Å²) >= 11 is 0. The van der Waals surface area contributed by atoms with Crippen LogP contribution >= 0.6 is 0 Å². The minimum atomic E-state index is 0.332. The van der Waals surface area contributed by atoms with Gasteiger partial charge >= 0.3 is 0 Å². The monoisotopic (exact) mass is 204 g/mol. The Labute approximate surface area is 91.9 Å². The molecule has 1 aliphatic carbocycles. The molecule has 0 amide bonds. The van der Waals surface area contributed by atoms with Crippen molar-refractivity contribution in [3.05, 3.63) is 34.9 Å². The first-order valence-corrected chi connectivity index (χ1v) is 5.74. The van der Waals surface area contributed by atoms with Crippen LogP contribution in [0.3, 0.4) is 0 Å². The number of nitrogens with two attached hydrogens (primary N) is 1. The molecule has 1 unspecified atom stereocenters. The molecule has 1 saturated carbocycles. The van der Waals surface area contributed by atoms with Gasteiger partial charge in [0.2, 0.25) is 0 Å². The van der Waals surface area contributed by atoms with Crippen molar-refractivity contribution < 1.29 is 0 Å². The Hall–Kier alpha value is -0.860. The minimum absolute atomic E-state index is 0.332. The van der Waals surface area contributed by atoms with E-state index < -0.39 is 0 Å². The van der Waals surface area contributed by atoms with Crippen molar-refractivity contribution in [2.45, 2.75) is 38.8 Å². The van der Waals surface area contributed by atoms with Gasteiger partial charge < -0.3 is 11.1 Å². The molecule has 0 aliphatic heterocycles. The second-order valence-electron chi connectivity index (χ2n) is 4.53. The molecule has 1 aromatic rings. The van der Waals surface area contributed by atoms with Crippen molar-refractivity contribution in [2.75, 3.05) is 6.54 Å². The molecular weight excluding hydrogens is 184 g/mol. The summed E-state index contributed by atoms with van der Waals surface area (Å²) in [5.74, 6) is 0. The quantitative estimate of drug-likeness (QED) is 0.788. The molecule has 82 valence electrons. The van der Waals surface area contributed by atoms with E-state index in [1.807, 2.05) is 0 Å². The zero-order valence-corrected chi connectivity index (χ0v) is 9.59. The standard InChI is InChI=1S/C13H20N2/c1-9-4-3-5-10(2)13(9)12(8-14)15-11-6-7-11/h3-5,11-12,15H,6-8,14H2,1-2H3. The van der Waals surface area contributed by atoms with E-state index in [9.17, 15) is 0 Å². The lowest BCUT2D eigenvalue weighted by Crippen LogP contribution is -2.31. The van der Waals surface area contributed by atoms with Crippen molar-refractivity contribution >= 4 is 0 Å². The molecule has 0 radical (unpaired) electrons. The zero-order valence-electron chi connectivity index (χ0n) is 9.59. The maximum absolute atomic E-state index is 5.86. The second-order valence-corrected chi connectivity index (χ2v) is 4.53. The maximum Gasteiger partial charge on any atom is 0.0451 e. The summed E-state index contributed by atoms with van der Waals surface area (Å²) in [5, 5.41) is 3.61. The summed E-state index contributed by atoms with van der Waals surface area (Å²) < 4.78 is 0. The molecule has 1 aliphatic rings. The fraction of sp³-hybridized carbons (Fsp3) is 0.538. The molecular formula is C13H20N2. The SMILES string of the molecule is Cc1cccc(C)c1C(CN)NC1CC1. The Balaban J connectivity index is 2.23. The van der Waals surface area contributed by atoms with Gasteiger partial charge in [0, 0.05) is 18.6 Å². The highest BCUT2D eigenvalue weighted by Gasteiger charge is 2.25. The van der Waals surface area contributed by atoms with E-state index in [4.69, 9.17) is 5.73 Å². The van der Waals surface area contributed by atoms with Crippen LogP contribution in [0, 0.1) is 13.8 Å². The number of benzene rings is 1. The van der Waals surface area contributed by atoms with Crippen molar-refractivity contribution in [3.8, 4) is 0 Å². The van der Waals surface area contributed by atoms with E-state index in [0.29, 0.717) is 18.6 Å². The van der Waals surface area contributed by atoms with E-state index in [1.54, 1.807) is 0 Å². The van der Waals surface area contributed by atoms with Gasteiger partial charge in [0.15, 0.2) is 0 Å². The van der Waals surface area contributed by atoms with Gasteiger partial charge in [0.1, 0.15) is 0 Å². The van der Waals surface area contributed by atoms with Crippen LogP contribution in [-0.4, -0.2) is 12.6 Å². The average Bonchev–Trinajstić information content (AvgIpc) is 2.99. The lowest BCUT2D eigenvalue weighted by molar-refractivity contribution is 0.534. The Kier molecular flexibility index (Phi) is 3.08. The normalized spacial score (nSPS) is 17.8. The van der Waals surface area contributed by atoms with Gasteiger partial charge in [-0.25, -0.2) is 0 Å². The second kappa shape index (κ2) is 4.33. The topological polar surface area (TPSA) is 38.0 Å². The van der Waals surface area contributed by atoms with Crippen LogP contribution in [0.15, 0.2) is 18.2 Å². The Morgan fingerprint density at radius 3 is 2.40 bits per heavy atom. The van der Waals surface area contributed by atoms with Crippen LogP contribution in [0.25, 0.3) is 0 Å². The lowest BCUT2D eigenvalue weighted by atomic mass is 9.96. The molecule has 2 rings (SSSR count).